The molecule has 0 aliphatic carbocycles. The van der Waals surface area contributed by atoms with Crippen LogP contribution in [0.2, 0.25) is 0 Å². The summed E-state index contributed by atoms with van der Waals surface area (Å²) >= 11 is 0. The van der Waals surface area contributed by atoms with Crippen molar-refractivity contribution in [2.45, 2.75) is 19.9 Å². The first-order chi connectivity index (χ1) is 17.2. The average molecular weight is 467 g/mol. The number of aromatic nitrogens is 6. The molecule has 9 nitrogen and oxygen atoms in total. The minimum absolute atomic E-state index is 0.510. The van der Waals surface area contributed by atoms with E-state index in [0.717, 1.165) is 66.7 Å². The number of aryl methyl sites for hydroxylation is 1. The molecule has 9 heteroatoms. The van der Waals surface area contributed by atoms with Crippen LogP contribution in [-0.4, -0.2) is 61.2 Å². The topological polar surface area (TPSA) is 99.9 Å². The minimum Gasteiger partial charge on any atom is -0.354 e. The first-order valence-corrected chi connectivity index (χ1v) is 11.8. The van der Waals surface area contributed by atoms with E-state index in [-0.39, 0.29) is 0 Å². The van der Waals surface area contributed by atoms with Crippen molar-refractivity contribution >= 4 is 16.9 Å². The quantitative estimate of drug-likeness (QED) is 0.405. The molecule has 1 saturated heterocycles. The van der Waals surface area contributed by atoms with Gasteiger partial charge in [-0.15, -0.1) is 0 Å². The molecule has 0 radical (unpaired) electrons. The van der Waals surface area contributed by atoms with Gasteiger partial charge in [-0.2, -0.15) is 4.98 Å². The summed E-state index contributed by atoms with van der Waals surface area (Å²) in [7, 11) is 0. The van der Waals surface area contributed by atoms with Crippen molar-refractivity contribution in [2.75, 3.05) is 31.1 Å². The summed E-state index contributed by atoms with van der Waals surface area (Å²) < 4.78 is 5.29. The van der Waals surface area contributed by atoms with Gasteiger partial charge in [0.15, 0.2) is 5.82 Å². The molecule has 0 amide bonds. The van der Waals surface area contributed by atoms with Gasteiger partial charge in [-0.1, -0.05) is 11.2 Å². The van der Waals surface area contributed by atoms with Crippen molar-refractivity contribution in [3.8, 4) is 11.5 Å². The van der Waals surface area contributed by atoms with Gasteiger partial charge >= 0.3 is 0 Å². The van der Waals surface area contributed by atoms with Crippen LogP contribution in [0, 0.1) is 6.92 Å². The van der Waals surface area contributed by atoms with Crippen LogP contribution in [0.15, 0.2) is 65.4 Å². The highest BCUT2D eigenvalue weighted by atomic mass is 16.5. The van der Waals surface area contributed by atoms with E-state index in [4.69, 9.17) is 9.51 Å². The van der Waals surface area contributed by atoms with E-state index in [9.17, 15) is 0 Å². The normalized spacial score (nSPS) is 14.6. The number of nitrogens with zero attached hydrogens (tertiary/aromatic N) is 7. The second-order valence-electron chi connectivity index (χ2n) is 8.85. The van der Waals surface area contributed by atoms with Crippen LogP contribution in [0.25, 0.3) is 22.5 Å². The van der Waals surface area contributed by atoms with Crippen LogP contribution in [0.1, 0.15) is 22.9 Å². The predicted octanol–water partition coefficient (Wildman–Crippen LogP) is 3.62. The Morgan fingerprint density at radius 2 is 1.86 bits per heavy atom. The number of imidazole rings is 1. The van der Waals surface area contributed by atoms with Crippen LogP contribution >= 0.6 is 0 Å². The first-order valence-electron chi connectivity index (χ1n) is 11.8. The second-order valence-corrected chi connectivity index (χ2v) is 8.85. The molecule has 5 heterocycles. The highest BCUT2D eigenvalue weighted by Gasteiger charge is 2.18. The highest BCUT2D eigenvalue weighted by Crippen LogP contribution is 2.23. The van der Waals surface area contributed by atoms with Gasteiger partial charge < -0.3 is 14.4 Å². The monoisotopic (exact) mass is 466 g/mol. The number of H-pyrrole nitrogens is 1. The fraction of sp³-hybridized carbons (Fsp3) is 0.269. The Morgan fingerprint density at radius 3 is 2.66 bits per heavy atom. The Bertz CT molecular complexity index is 1440. The van der Waals surface area contributed by atoms with Crippen molar-refractivity contribution in [2.24, 2.45) is 0 Å². The summed E-state index contributed by atoms with van der Waals surface area (Å²) in [4.78, 5) is 26.4. The number of hydrogen-bond donors (Lipinski definition) is 1. The van der Waals surface area contributed by atoms with Gasteiger partial charge in [0.05, 0.1) is 11.0 Å². The zero-order valence-corrected chi connectivity index (χ0v) is 19.6. The molecule has 0 saturated carbocycles. The molecule has 176 valence electrons. The maximum absolute atomic E-state index is 5.29. The number of benzene rings is 1. The van der Waals surface area contributed by atoms with E-state index in [1.165, 1.54) is 5.56 Å². The fourth-order valence-electron chi connectivity index (χ4n) is 4.52. The van der Waals surface area contributed by atoms with Crippen molar-refractivity contribution in [3.63, 3.8) is 0 Å². The molecule has 4 aromatic heterocycles. The smallest absolute Gasteiger partial charge is 0.257 e. The number of nitrogens with one attached hydrogen (secondary N) is 1. The van der Waals surface area contributed by atoms with Gasteiger partial charge in [-0.25, -0.2) is 9.97 Å². The maximum atomic E-state index is 5.29. The van der Waals surface area contributed by atoms with Crippen LogP contribution in [0.4, 0.5) is 5.82 Å². The van der Waals surface area contributed by atoms with Crippen molar-refractivity contribution in [1.29, 1.82) is 0 Å². The van der Waals surface area contributed by atoms with Crippen molar-refractivity contribution in [1.82, 2.24) is 35.0 Å². The molecule has 1 aromatic carbocycles. The molecule has 5 aromatic rings. The summed E-state index contributed by atoms with van der Waals surface area (Å²) in [5.74, 6) is 3.07. The molecule has 0 spiro atoms. The summed E-state index contributed by atoms with van der Waals surface area (Å²) in [6, 6.07) is 16.3. The van der Waals surface area contributed by atoms with Crippen molar-refractivity contribution < 1.29 is 4.52 Å². The Kier molecular flexibility index (Phi) is 5.67. The number of hydrogen-bond acceptors (Lipinski definition) is 8. The molecule has 1 aliphatic heterocycles. The Morgan fingerprint density at radius 1 is 0.943 bits per heavy atom. The van der Waals surface area contributed by atoms with Gasteiger partial charge in [-0.3, -0.25) is 9.88 Å². The molecule has 0 unspecified atom stereocenters. The predicted molar refractivity (Wildman–Crippen MR) is 133 cm³/mol. The lowest BCUT2D eigenvalue weighted by molar-refractivity contribution is 0.249. The first kappa shape index (κ1) is 21.4. The van der Waals surface area contributed by atoms with Gasteiger partial charge in [-0.05, 0) is 55.0 Å². The molecule has 6 rings (SSSR count). The van der Waals surface area contributed by atoms with Gasteiger partial charge in [0.1, 0.15) is 11.6 Å². The summed E-state index contributed by atoms with van der Waals surface area (Å²) in [5, 5.41) is 3.87. The number of piperazine rings is 1. The summed E-state index contributed by atoms with van der Waals surface area (Å²) in [6.45, 7) is 6.72. The second kappa shape index (κ2) is 9.27. The van der Waals surface area contributed by atoms with E-state index in [2.05, 4.69) is 53.1 Å². The number of pyridine rings is 2. The zero-order chi connectivity index (χ0) is 23.6. The van der Waals surface area contributed by atoms with Crippen molar-refractivity contribution in [3.05, 3.63) is 83.8 Å². The molecular weight excluding hydrogens is 440 g/mol. The van der Waals surface area contributed by atoms with Gasteiger partial charge in [0.2, 0.25) is 0 Å². The fourth-order valence-corrected chi connectivity index (χ4v) is 4.52. The van der Waals surface area contributed by atoms with Crippen LogP contribution in [0.5, 0.6) is 0 Å². The number of fused-ring (bicyclic) bond motifs is 1. The molecular formula is C26H26N8O. The van der Waals surface area contributed by atoms with Gasteiger partial charge in [0.25, 0.3) is 5.89 Å². The van der Waals surface area contributed by atoms with Crippen LogP contribution in [0.3, 0.4) is 0 Å². The van der Waals surface area contributed by atoms with Crippen LogP contribution in [-0.2, 0) is 13.0 Å². The van der Waals surface area contributed by atoms with E-state index in [1.807, 2.05) is 49.6 Å². The number of aromatic amines is 1. The lowest BCUT2D eigenvalue weighted by atomic mass is 10.1. The summed E-state index contributed by atoms with van der Waals surface area (Å²) in [6.07, 6.45) is 4.40. The lowest BCUT2D eigenvalue weighted by Crippen LogP contribution is -2.46. The number of anilines is 1. The van der Waals surface area contributed by atoms with E-state index < -0.39 is 0 Å². The summed E-state index contributed by atoms with van der Waals surface area (Å²) in [5.41, 5.74) is 4.99. The average Bonchev–Trinajstić information content (AvgIpc) is 3.50. The highest BCUT2D eigenvalue weighted by molar-refractivity contribution is 5.80. The van der Waals surface area contributed by atoms with E-state index in [1.54, 1.807) is 0 Å². The maximum Gasteiger partial charge on any atom is 0.257 e. The molecule has 35 heavy (non-hydrogen) atoms. The Balaban J connectivity index is 1.11. The lowest BCUT2D eigenvalue weighted by Gasteiger charge is -2.35. The zero-order valence-electron chi connectivity index (χ0n) is 19.6. The molecule has 1 N–H and O–H groups in total. The Labute approximate surface area is 202 Å². The minimum atomic E-state index is 0.510. The third kappa shape index (κ3) is 4.76. The van der Waals surface area contributed by atoms with E-state index in [0.29, 0.717) is 18.1 Å². The molecule has 0 bridgehead atoms. The Hall–Kier alpha value is -4.11. The third-order valence-corrected chi connectivity index (χ3v) is 6.29. The standard InChI is InChI=1S/C26H26N8O/c1-18-29-26(35-32-18)20-5-6-22-23(15-20)31-24(30-22)16-21-14-19(7-9-27-21)17-33-10-12-34(13-11-33)25-4-2-3-8-28-25/h2-9,14-15H,10-13,16-17H2,1H3,(H,30,31). The van der Waals surface area contributed by atoms with Crippen LogP contribution < -0.4 is 4.90 Å². The molecule has 0 atom stereocenters. The molecule has 1 aliphatic rings. The number of rotatable bonds is 6. The van der Waals surface area contributed by atoms with E-state index >= 15 is 0 Å². The largest absolute Gasteiger partial charge is 0.354 e. The third-order valence-electron chi connectivity index (χ3n) is 6.29. The SMILES string of the molecule is Cc1noc(-c2ccc3nc(Cc4cc(CN5CCN(c6ccccn6)CC5)ccn4)[nH]c3c2)n1. The van der Waals surface area contributed by atoms with Gasteiger partial charge in [0, 0.05) is 62.8 Å². The molecule has 1 fully saturated rings.